The Hall–Kier alpha value is -2.25. The van der Waals surface area contributed by atoms with E-state index in [1.807, 2.05) is 37.4 Å². The summed E-state index contributed by atoms with van der Waals surface area (Å²) in [6.07, 6.45) is 4.71. The smallest absolute Gasteiger partial charge is 0.320 e. The lowest BCUT2D eigenvalue weighted by atomic mass is 9.83. The highest BCUT2D eigenvalue weighted by atomic mass is 35.5. The maximum absolute atomic E-state index is 12.5. The zero-order valence-electron chi connectivity index (χ0n) is 18.5. The number of anilines is 1. The van der Waals surface area contributed by atoms with Crippen molar-refractivity contribution in [3.63, 3.8) is 0 Å². The molecule has 0 radical (unpaired) electrons. The van der Waals surface area contributed by atoms with Gasteiger partial charge in [0.1, 0.15) is 17.7 Å². The molecule has 1 saturated heterocycles. The van der Waals surface area contributed by atoms with Gasteiger partial charge in [0.15, 0.2) is 0 Å². The molecule has 4 rings (SSSR count). The van der Waals surface area contributed by atoms with Crippen LogP contribution in [0.2, 0.25) is 5.02 Å². The van der Waals surface area contributed by atoms with Crippen LogP contribution in [0.1, 0.15) is 51.1 Å². The summed E-state index contributed by atoms with van der Waals surface area (Å²) in [5.74, 6) is 2.13. The summed E-state index contributed by atoms with van der Waals surface area (Å²) in [6, 6.07) is 9.28. The van der Waals surface area contributed by atoms with Gasteiger partial charge < -0.3 is 10.1 Å². The summed E-state index contributed by atoms with van der Waals surface area (Å²) in [6.45, 7) is 6.80. The first-order valence-electron chi connectivity index (χ1n) is 11.0. The van der Waals surface area contributed by atoms with Crippen molar-refractivity contribution in [2.24, 2.45) is 7.05 Å². The number of nitrogens with zero attached hydrogens (tertiary/aromatic N) is 3. The minimum atomic E-state index is -0.318. The van der Waals surface area contributed by atoms with E-state index in [-0.39, 0.29) is 17.7 Å². The van der Waals surface area contributed by atoms with Crippen molar-refractivity contribution >= 4 is 23.4 Å². The van der Waals surface area contributed by atoms with Crippen molar-refractivity contribution in [1.82, 2.24) is 20.0 Å². The van der Waals surface area contributed by atoms with Gasteiger partial charge in [-0.1, -0.05) is 18.0 Å². The Bertz CT molecular complexity index is 901. The quantitative estimate of drug-likeness (QED) is 0.632. The molecule has 1 aliphatic carbocycles. The number of aromatic nitrogens is 2. The summed E-state index contributed by atoms with van der Waals surface area (Å²) in [5.41, 5.74) is 0.762. The Balaban J connectivity index is 1.18. The number of urea groups is 1. The number of carbonyl (C=O) groups excluding carboxylic acids is 1. The number of carbonyl (C=O) groups is 1. The Kier molecular flexibility index (Phi) is 6.44. The average molecular weight is 446 g/mol. The Labute approximate surface area is 189 Å². The van der Waals surface area contributed by atoms with Crippen molar-refractivity contribution in [2.75, 3.05) is 25.0 Å². The normalized spacial score (nSPS) is 17.7. The van der Waals surface area contributed by atoms with Gasteiger partial charge in [0.25, 0.3) is 0 Å². The molecule has 7 nitrogen and oxygen atoms in total. The number of nitrogens with one attached hydrogen (secondary N) is 2. The third kappa shape index (κ3) is 5.71. The van der Waals surface area contributed by atoms with E-state index in [2.05, 4.69) is 34.5 Å². The number of hydrogen-bond donors (Lipinski definition) is 2. The molecule has 2 fully saturated rings. The number of ether oxygens (including phenoxy) is 1. The van der Waals surface area contributed by atoms with Gasteiger partial charge in [-0.25, -0.2) is 4.79 Å². The van der Waals surface area contributed by atoms with Gasteiger partial charge in [-0.05, 0) is 57.4 Å². The fourth-order valence-corrected chi connectivity index (χ4v) is 4.08. The van der Waals surface area contributed by atoms with E-state index < -0.39 is 0 Å². The van der Waals surface area contributed by atoms with Crippen LogP contribution in [-0.4, -0.2) is 52.0 Å². The Morgan fingerprint density at radius 2 is 1.97 bits per heavy atom. The van der Waals surface area contributed by atoms with Crippen LogP contribution < -0.4 is 15.4 Å². The van der Waals surface area contributed by atoms with Crippen LogP contribution in [0.25, 0.3) is 0 Å². The van der Waals surface area contributed by atoms with Crippen LogP contribution in [0.4, 0.5) is 10.6 Å². The van der Waals surface area contributed by atoms with Crippen LogP contribution in [0, 0.1) is 0 Å². The van der Waals surface area contributed by atoms with E-state index in [0.29, 0.717) is 10.9 Å². The fraction of sp³-hybridized carbons (Fsp3) is 0.565. The summed E-state index contributed by atoms with van der Waals surface area (Å²) in [4.78, 5) is 14.9. The molecular formula is C23H32ClN5O2. The number of aryl methyl sites for hydroxylation is 1. The van der Waals surface area contributed by atoms with Crippen molar-refractivity contribution < 1.29 is 9.53 Å². The maximum Gasteiger partial charge on any atom is 0.320 e. The molecular weight excluding hydrogens is 414 g/mol. The van der Waals surface area contributed by atoms with Crippen LogP contribution >= 0.6 is 11.6 Å². The van der Waals surface area contributed by atoms with Gasteiger partial charge in [-0.3, -0.25) is 14.9 Å². The first-order valence-corrected chi connectivity index (χ1v) is 11.4. The first kappa shape index (κ1) is 22.0. The number of rotatable bonds is 8. The van der Waals surface area contributed by atoms with Gasteiger partial charge in [0.2, 0.25) is 0 Å². The molecule has 168 valence electrons. The predicted molar refractivity (Wildman–Crippen MR) is 123 cm³/mol. The fourth-order valence-electron chi connectivity index (χ4n) is 3.95. The van der Waals surface area contributed by atoms with Crippen LogP contribution in [0.15, 0.2) is 30.3 Å². The maximum atomic E-state index is 12.5. The van der Waals surface area contributed by atoms with E-state index in [1.165, 1.54) is 19.3 Å². The molecule has 0 bridgehead atoms. The molecule has 2 N–H and O–H groups in total. The largest absolute Gasteiger partial charge is 0.488 e. The van der Waals surface area contributed by atoms with Gasteiger partial charge in [0, 0.05) is 49.2 Å². The van der Waals surface area contributed by atoms with Gasteiger partial charge in [-0.15, -0.1) is 0 Å². The minimum absolute atomic E-state index is 0.194. The minimum Gasteiger partial charge on any atom is -0.488 e. The van der Waals surface area contributed by atoms with E-state index in [0.717, 1.165) is 43.3 Å². The van der Waals surface area contributed by atoms with Gasteiger partial charge in [0.05, 0.1) is 5.69 Å². The zero-order valence-corrected chi connectivity index (χ0v) is 19.3. The molecule has 0 unspecified atom stereocenters. The number of hydrogen-bond acceptors (Lipinski definition) is 4. The topological polar surface area (TPSA) is 71.4 Å². The Morgan fingerprint density at radius 3 is 2.61 bits per heavy atom. The predicted octanol–water partition coefficient (Wildman–Crippen LogP) is 4.39. The van der Waals surface area contributed by atoms with Crippen LogP contribution in [0.3, 0.4) is 0 Å². The molecule has 1 aromatic carbocycles. The molecule has 0 spiro atoms. The molecule has 1 saturated carbocycles. The summed E-state index contributed by atoms with van der Waals surface area (Å²) >= 11 is 5.91. The highest BCUT2D eigenvalue weighted by Gasteiger charge is 2.31. The van der Waals surface area contributed by atoms with Crippen molar-refractivity contribution in [3.05, 3.63) is 41.0 Å². The number of benzene rings is 1. The Morgan fingerprint density at radius 1 is 1.26 bits per heavy atom. The molecule has 0 atom stereocenters. The zero-order chi connectivity index (χ0) is 22.0. The SMILES string of the molecule is Cn1nc(C2CCC2)cc1NC(=O)NC(C)(C)CCN1CC(Oc2ccc(Cl)cc2)C1. The molecule has 2 heterocycles. The van der Waals surface area contributed by atoms with E-state index in [9.17, 15) is 4.79 Å². The lowest BCUT2D eigenvalue weighted by Gasteiger charge is -2.40. The molecule has 1 aliphatic heterocycles. The van der Waals surface area contributed by atoms with Crippen LogP contribution in [0.5, 0.6) is 5.75 Å². The van der Waals surface area contributed by atoms with Gasteiger partial charge >= 0.3 is 6.03 Å². The first-order chi connectivity index (χ1) is 14.8. The molecule has 1 aromatic heterocycles. The second-order valence-electron chi connectivity index (χ2n) is 9.37. The number of likely N-dealkylation sites (tertiary alicyclic amines) is 1. The third-order valence-corrected chi connectivity index (χ3v) is 6.46. The monoisotopic (exact) mass is 445 g/mol. The van der Waals surface area contributed by atoms with E-state index in [1.54, 1.807) is 4.68 Å². The van der Waals surface area contributed by atoms with Crippen molar-refractivity contribution in [1.29, 1.82) is 0 Å². The second-order valence-corrected chi connectivity index (χ2v) is 9.81. The summed E-state index contributed by atoms with van der Waals surface area (Å²) in [5, 5.41) is 11.3. The summed E-state index contributed by atoms with van der Waals surface area (Å²) < 4.78 is 7.70. The highest BCUT2D eigenvalue weighted by Crippen LogP contribution is 2.36. The highest BCUT2D eigenvalue weighted by molar-refractivity contribution is 6.30. The molecule has 31 heavy (non-hydrogen) atoms. The molecule has 2 aliphatic rings. The number of halogens is 1. The standard InChI is InChI=1S/C23H32ClN5O2/c1-23(2,11-12-29-14-19(15-29)31-18-9-7-17(24)8-10-18)26-22(30)25-21-13-20(27-28(21)3)16-5-4-6-16/h7-10,13,16,19H,4-6,11-12,14-15H2,1-3H3,(H2,25,26,30). The molecule has 2 aromatic rings. The van der Waals surface area contributed by atoms with Crippen molar-refractivity contribution in [2.45, 2.75) is 57.1 Å². The average Bonchev–Trinajstić information content (AvgIpc) is 2.96. The summed E-state index contributed by atoms with van der Waals surface area (Å²) in [7, 11) is 1.87. The van der Waals surface area contributed by atoms with E-state index >= 15 is 0 Å². The van der Waals surface area contributed by atoms with Gasteiger partial charge in [-0.2, -0.15) is 5.10 Å². The third-order valence-electron chi connectivity index (χ3n) is 6.21. The lowest BCUT2D eigenvalue weighted by Crippen LogP contribution is -2.56. The van der Waals surface area contributed by atoms with Crippen molar-refractivity contribution in [3.8, 4) is 5.75 Å². The number of amides is 2. The molecule has 8 heteroatoms. The molecule has 2 amide bonds. The van der Waals surface area contributed by atoms with E-state index in [4.69, 9.17) is 16.3 Å². The lowest BCUT2D eigenvalue weighted by molar-refractivity contribution is 0.0157. The van der Waals surface area contributed by atoms with Crippen LogP contribution in [-0.2, 0) is 7.05 Å². The second kappa shape index (κ2) is 9.09.